The zero-order valence-electron chi connectivity index (χ0n) is 15.9. The van der Waals surface area contributed by atoms with Crippen LogP contribution in [0.4, 0.5) is 5.69 Å². The topological polar surface area (TPSA) is 49.4 Å². The van der Waals surface area contributed by atoms with Gasteiger partial charge in [-0.15, -0.1) is 0 Å². The van der Waals surface area contributed by atoms with Crippen LogP contribution in [-0.4, -0.2) is 24.9 Å². The number of hydrogen-bond donors (Lipinski definition) is 1. The first kappa shape index (κ1) is 19.7. The molecule has 138 valence electrons. The molecule has 2 aromatic rings. The molecule has 0 unspecified atom stereocenters. The number of carbonyl (C=O) groups excluding carboxylic acids is 2. The van der Waals surface area contributed by atoms with Gasteiger partial charge in [-0.1, -0.05) is 31.9 Å². The Hall–Kier alpha value is -2.62. The van der Waals surface area contributed by atoms with E-state index in [-0.39, 0.29) is 11.8 Å². The number of hydrogen-bond acceptors (Lipinski definition) is 2. The van der Waals surface area contributed by atoms with Crippen molar-refractivity contribution in [3.8, 4) is 0 Å². The van der Waals surface area contributed by atoms with Gasteiger partial charge < -0.3 is 10.2 Å². The van der Waals surface area contributed by atoms with Crippen molar-refractivity contribution in [2.45, 2.75) is 40.0 Å². The fourth-order valence-corrected chi connectivity index (χ4v) is 2.84. The van der Waals surface area contributed by atoms with Crippen molar-refractivity contribution >= 4 is 17.5 Å². The summed E-state index contributed by atoms with van der Waals surface area (Å²) in [5, 5.41) is 2.91. The van der Waals surface area contributed by atoms with Crippen LogP contribution in [0.5, 0.6) is 0 Å². The summed E-state index contributed by atoms with van der Waals surface area (Å²) < 4.78 is 0. The first-order valence-electron chi connectivity index (χ1n) is 9.33. The van der Waals surface area contributed by atoms with Crippen LogP contribution in [0.2, 0.25) is 0 Å². The molecule has 0 saturated heterocycles. The molecule has 0 atom stereocenters. The second-order valence-electron chi connectivity index (χ2n) is 6.43. The molecule has 0 aliphatic carbocycles. The van der Waals surface area contributed by atoms with E-state index in [9.17, 15) is 9.59 Å². The van der Waals surface area contributed by atoms with Crippen molar-refractivity contribution in [3.05, 3.63) is 65.2 Å². The van der Waals surface area contributed by atoms with Crippen LogP contribution in [0.1, 0.15) is 59.4 Å². The van der Waals surface area contributed by atoms with E-state index in [1.807, 2.05) is 38.1 Å². The van der Waals surface area contributed by atoms with Gasteiger partial charge in [0.2, 0.25) is 0 Å². The van der Waals surface area contributed by atoms with Crippen LogP contribution in [0.25, 0.3) is 0 Å². The molecule has 0 aliphatic rings. The predicted molar refractivity (Wildman–Crippen MR) is 107 cm³/mol. The van der Waals surface area contributed by atoms with E-state index in [1.54, 1.807) is 29.2 Å². The van der Waals surface area contributed by atoms with E-state index in [0.29, 0.717) is 24.2 Å². The molecule has 2 amide bonds. The highest BCUT2D eigenvalue weighted by atomic mass is 16.2. The Labute approximate surface area is 156 Å². The second-order valence-corrected chi connectivity index (χ2v) is 6.43. The highest BCUT2D eigenvalue weighted by Gasteiger charge is 2.16. The first-order chi connectivity index (χ1) is 12.6. The van der Waals surface area contributed by atoms with Crippen LogP contribution in [0, 0.1) is 6.92 Å². The Morgan fingerprint density at radius 3 is 2.27 bits per heavy atom. The summed E-state index contributed by atoms with van der Waals surface area (Å²) >= 11 is 0. The van der Waals surface area contributed by atoms with E-state index in [4.69, 9.17) is 0 Å². The quantitative estimate of drug-likeness (QED) is 0.707. The normalized spacial score (nSPS) is 10.4. The third kappa shape index (κ3) is 5.19. The number of benzene rings is 2. The number of amides is 2. The van der Waals surface area contributed by atoms with Crippen molar-refractivity contribution in [3.63, 3.8) is 0 Å². The number of unbranched alkanes of at least 4 members (excludes halogenated alkanes) is 2. The zero-order valence-corrected chi connectivity index (χ0v) is 15.9. The minimum absolute atomic E-state index is 0.0620. The predicted octanol–water partition coefficient (Wildman–Crippen LogP) is 4.58. The van der Waals surface area contributed by atoms with Gasteiger partial charge in [-0.3, -0.25) is 9.59 Å². The summed E-state index contributed by atoms with van der Waals surface area (Å²) in [5.41, 5.74) is 3.16. The maximum Gasteiger partial charge on any atom is 0.258 e. The SMILES string of the molecule is CCCCCNC(=O)c1ccc(C(=O)N(CC)c2cccc(C)c2)cc1. The zero-order chi connectivity index (χ0) is 18.9. The van der Waals surface area contributed by atoms with Gasteiger partial charge in [-0.25, -0.2) is 0 Å². The molecule has 2 aromatic carbocycles. The van der Waals surface area contributed by atoms with E-state index >= 15 is 0 Å². The molecule has 0 radical (unpaired) electrons. The maximum atomic E-state index is 12.8. The molecule has 4 heteroatoms. The van der Waals surface area contributed by atoms with Gasteiger partial charge in [0, 0.05) is 29.9 Å². The van der Waals surface area contributed by atoms with Crippen molar-refractivity contribution in [2.24, 2.45) is 0 Å². The van der Waals surface area contributed by atoms with Gasteiger partial charge in [0.1, 0.15) is 0 Å². The highest BCUT2D eigenvalue weighted by Crippen LogP contribution is 2.19. The molecular weight excluding hydrogens is 324 g/mol. The smallest absolute Gasteiger partial charge is 0.258 e. The van der Waals surface area contributed by atoms with Crippen molar-refractivity contribution < 1.29 is 9.59 Å². The molecule has 0 aliphatic heterocycles. The third-order valence-corrected chi connectivity index (χ3v) is 4.33. The summed E-state index contributed by atoms with van der Waals surface area (Å²) in [6.45, 7) is 7.37. The number of anilines is 1. The molecule has 1 N–H and O–H groups in total. The number of carbonyl (C=O) groups is 2. The summed E-state index contributed by atoms with van der Waals surface area (Å²) in [6.07, 6.45) is 3.22. The van der Waals surface area contributed by atoms with Crippen LogP contribution >= 0.6 is 0 Å². The van der Waals surface area contributed by atoms with Gasteiger partial charge >= 0.3 is 0 Å². The lowest BCUT2D eigenvalue weighted by Crippen LogP contribution is -2.30. The lowest BCUT2D eigenvalue weighted by Gasteiger charge is -2.21. The molecular formula is C22H28N2O2. The van der Waals surface area contributed by atoms with Gasteiger partial charge in [-0.2, -0.15) is 0 Å². The lowest BCUT2D eigenvalue weighted by atomic mass is 10.1. The van der Waals surface area contributed by atoms with Crippen molar-refractivity contribution in [1.82, 2.24) is 5.32 Å². The Morgan fingerprint density at radius 1 is 0.962 bits per heavy atom. The number of nitrogens with zero attached hydrogens (tertiary/aromatic N) is 1. The fourth-order valence-electron chi connectivity index (χ4n) is 2.84. The average molecular weight is 352 g/mol. The Bertz CT molecular complexity index is 738. The fraction of sp³-hybridized carbons (Fsp3) is 0.364. The van der Waals surface area contributed by atoms with Crippen LogP contribution in [0.15, 0.2) is 48.5 Å². The Kier molecular flexibility index (Phi) is 7.39. The first-order valence-corrected chi connectivity index (χ1v) is 9.33. The summed E-state index contributed by atoms with van der Waals surface area (Å²) in [7, 11) is 0. The molecule has 2 rings (SSSR count). The van der Waals surface area contributed by atoms with Crippen LogP contribution in [-0.2, 0) is 0 Å². The molecule has 0 heterocycles. The molecule has 0 aromatic heterocycles. The minimum atomic E-state index is -0.0915. The van der Waals surface area contributed by atoms with E-state index in [0.717, 1.165) is 30.5 Å². The van der Waals surface area contributed by atoms with Gasteiger partial charge in [0.15, 0.2) is 0 Å². The van der Waals surface area contributed by atoms with Gasteiger partial charge in [-0.05, 0) is 62.2 Å². The monoisotopic (exact) mass is 352 g/mol. The molecule has 4 nitrogen and oxygen atoms in total. The van der Waals surface area contributed by atoms with E-state index < -0.39 is 0 Å². The van der Waals surface area contributed by atoms with Crippen molar-refractivity contribution in [1.29, 1.82) is 0 Å². The molecule has 0 fully saturated rings. The van der Waals surface area contributed by atoms with Crippen LogP contribution in [0.3, 0.4) is 0 Å². The van der Waals surface area contributed by atoms with Crippen LogP contribution < -0.4 is 10.2 Å². The largest absolute Gasteiger partial charge is 0.352 e. The minimum Gasteiger partial charge on any atom is -0.352 e. The Balaban J connectivity index is 2.06. The third-order valence-electron chi connectivity index (χ3n) is 4.33. The van der Waals surface area contributed by atoms with E-state index in [2.05, 4.69) is 12.2 Å². The molecule has 26 heavy (non-hydrogen) atoms. The number of aryl methyl sites for hydroxylation is 1. The summed E-state index contributed by atoms with van der Waals surface area (Å²) in [6, 6.07) is 14.8. The van der Waals surface area contributed by atoms with Gasteiger partial charge in [0.05, 0.1) is 0 Å². The summed E-state index contributed by atoms with van der Waals surface area (Å²) in [5.74, 6) is -0.154. The number of nitrogens with one attached hydrogen (secondary N) is 1. The summed E-state index contributed by atoms with van der Waals surface area (Å²) in [4.78, 5) is 26.7. The standard InChI is InChI=1S/C22H28N2O2/c1-4-6-7-15-23-21(25)18-11-13-19(14-12-18)22(26)24(5-2)20-10-8-9-17(3)16-20/h8-14,16H,4-7,15H2,1-3H3,(H,23,25). The Morgan fingerprint density at radius 2 is 1.65 bits per heavy atom. The lowest BCUT2D eigenvalue weighted by molar-refractivity contribution is 0.0949. The van der Waals surface area contributed by atoms with Gasteiger partial charge in [0.25, 0.3) is 11.8 Å². The number of rotatable bonds is 8. The molecule has 0 bridgehead atoms. The second kappa shape index (κ2) is 9.76. The van der Waals surface area contributed by atoms with Crippen molar-refractivity contribution in [2.75, 3.05) is 18.0 Å². The highest BCUT2D eigenvalue weighted by molar-refractivity contribution is 6.06. The molecule has 0 spiro atoms. The van der Waals surface area contributed by atoms with E-state index in [1.165, 1.54) is 0 Å². The average Bonchev–Trinajstić information content (AvgIpc) is 2.66. The molecule has 0 saturated carbocycles. The maximum absolute atomic E-state index is 12.8.